The molecule has 6 nitrogen and oxygen atoms in total. The Labute approximate surface area is 159 Å². The van der Waals surface area contributed by atoms with Crippen LogP contribution in [-0.4, -0.2) is 42.7 Å². The highest BCUT2D eigenvalue weighted by Crippen LogP contribution is 2.34. The van der Waals surface area contributed by atoms with Crippen LogP contribution in [0.3, 0.4) is 0 Å². The topological polar surface area (TPSA) is 64.9 Å². The molecule has 1 N–H and O–H groups in total. The zero-order valence-corrected chi connectivity index (χ0v) is 15.9. The van der Waals surface area contributed by atoms with Gasteiger partial charge in [-0.2, -0.15) is 0 Å². The van der Waals surface area contributed by atoms with E-state index in [4.69, 9.17) is 9.47 Å². The third-order valence-electron chi connectivity index (χ3n) is 4.59. The molecule has 3 rings (SSSR count). The number of carbonyl (C=O) groups is 1. The normalized spacial score (nSPS) is 12.1. The molecule has 6 heteroatoms. The predicted octanol–water partition coefficient (Wildman–Crippen LogP) is 2.94. The number of ether oxygens (including phenoxy) is 2. The van der Waals surface area contributed by atoms with Crippen molar-refractivity contribution in [3.63, 3.8) is 0 Å². The molecule has 0 radical (unpaired) electrons. The molecule has 2 heterocycles. The number of rotatable bonds is 8. The van der Waals surface area contributed by atoms with Gasteiger partial charge in [0.25, 0.3) is 0 Å². The fraction of sp³-hybridized carbons (Fsp3) is 0.333. The van der Waals surface area contributed by atoms with Gasteiger partial charge in [-0.1, -0.05) is 18.2 Å². The van der Waals surface area contributed by atoms with Crippen molar-refractivity contribution in [3.05, 3.63) is 65.6 Å². The Kier molecular flexibility index (Phi) is 6.08. The number of para-hydroxylation sites is 1. The third-order valence-corrected chi connectivity index (χ3v) is 4.59. The number of benzene rings is 1. The van der Waals surface area contributed by atoms with E-state index in [1.807, 2.05) is 60.1 Å². The Hall–Kier alpha value is -2.86. The van der Waals surface area contributed by atoms with Crippen LogP contribution in [0.15, 0.2) is 48.8 Å². The van der Waals surface area contributed by atoms with E-state index in [0.717, 1.165) is 28.2 Å². The first kappa shape index (κ1) is 18.9. The second-order valence-electron chi connectivity index (χ2n) is 6.46. The van der Waals surface area contributed by atoms with Crippen molar-refractivity contribution in [2.24, 2.45) is 0 Å². The SMILES string of the molecule is COCCNC(=O)C[C@H](c1ccccc1OC)c1cnc2cc(C)ccn12. The van der Waals surface area contributed by atoms with Gasteiger partial charge in [-0.3, -0.25) is 4.79 Å². The highest BCUT2D eigenvalue weighted by Gasteiger charge is 2.24. The molecule has 0 fully saturated rings. The van der Waals surface area contributed by atoms with E-state index < -0.39 is 0 Å². The average molecular weight is 367 g/mol. The van der Waals surface area contributed by atoms with Crippen LogP contribution < -0.4 is 10.1 Å². The summed E-state index contributed by atoms with van der Waals surface area (Å²) < 4.78 is 12.6. The van der Waals surface area contributed by atoms with E-state index >= 15 is 0 Å². The maximum atomic E-state index is 12.5. The minimum absolute atomic E-state index is 0.0370. The summed E-state index contributed by atoms with van der Waals surface area (Å²) in [4.78, 5) is 17.1. The van der Waals surface area contributed by atoms with E-state index in [2.05, 4.69) is 10.3 Å². The number of aromatic nitrogens is 2. The molecule has 0 saturated heterocycles. The van der Waals surface area contributed by atoms with Gasteiger partial charge in [-0.05, 0) is 30.7 Å². The van der Waals surface area contributed by atoms with E-state index in [0.29, 0.717) is 19.6 Å². The highest BCUT2D eigenvalue weighted by molar-refractivity contribution is 5.77. The molecule has 27 heavy (non-hydrogen) atoms. The maximum absolute atomic E-state index is 12.5. The molecule has 0 spiro atoms. The summed E-state index contributed by atoms with van der Waals surface area (Å²) in [6.07, 6.45) is 4.14. The van der Waals surface area contributed by atoms with Crippen LogP contribution >= 0.6 is 0 Å². The van der Waals surface area contributed by atoms with Crippen molar-refractivity contribution >= 4 is 11.6 Å². The first-order valence-electron chi connectivity index (χ1n) is 8.96. The summed E-state index contributed by atoms with van der Waals surface area (Å²) in [5, 5.41) is 2.91. The summed E-state index contributed by atoms with van der Waals surface area (Å²) in [5.41, 5.74) is 3.93. The molecule has 3 aromatic rings. The number of nitrogens with zero attached hydrogens (tertiary/aromatic N) is 2. The Morgan fingerprint density at radius 3 is 2.85 bits per heavy atom. The zero-order valence-electron chi connectivity index (χ0n) is 15.9. The van der Waals surface area contributed by atoms with E-state index in [1.54, 1.807) is 14.2 Å². The number of amides is 1. The number of hydrogen-bond donors (Lipinski definition) is 1. The van der Waals surface area contributed by atoms with Crippen LogP contribution in [0.5, 0.6) is 5.75 Å². The first-order chi connectivity index (χ1) is 13.1. The molecule has 0 bridgehead atoms. The summed E-state index contributed by atoms with van der Waals surface area (Å²) in [6.45, 7) is 3.01. The Bertz CT molecular complexity index is 920. The molecule has 1 aromatic carbocycles. The molecule has 0 aliphatic rings. The third kappa shape index (κ3) is 4.28. The van der Waals surface area contributed by atoms with Gasteiger partial charge in [0.15, 0.2) is 0 Å². The van der Waals surface area contributed by atoms with Gasteiger partial charge < -0.3 is 19.2 Å². The van der Waals surface area contributed by atoms with E-state index in [-0.39, 0.29) is 11.8 Å². The zero-order chi connectivity index (χ0) is 19.2. The fourth-order valence-corrected chi connectivity index (χ4v) is 3.24. The second kappa shape index (κ2) is 8.68. The van der Waals surface area contributed by atoms with Crippen LogP contribution in [-0.2, 0) is 9.53 Å². The number of carbonyl (C=O) groups excluding carboxylic acids is 1. The minimum atomic E-state index is -0.179. The summed E-state index contributed by atoms with van der Waals surface area (Å²) >= 11 is 0. The summed E-state index contributed by atoms with van der Waals surface area (Å²) in [6, 6.07) is 11.9. The lowest BCUT2D eigenvalue weighted by Crippen LogP contribution is -2.28. The van der Waals surface area contributed by atoms with Crippen molar-refractivity contribution in [2.75, 3.05) is 27.4 Å². The molecule has 1 atom stereocenters. The largest absolute Gasteiger partial charge is 0.496 e. The van der Waals surface area contributed by atoms with Gasteiger partial charge >= 0.3 is 0 Å². The molecule has 142 valence electrons. The molecule has 0 saturated carbocycles. The predicted molar refractivity (Wildman–Crippen MR) is 104 cm³/mol. The number of imidazole rings is 1. The number of fused-ring (bicyclic) bond motifs is 1. The lowest BCUT2D eigenvalue weighted by molar-refractivity contribution is -0.121. The fourth-order valence-electron chi connectivity index (χ4n) is 3.24. The van der Waals surface area contributed by atoms with Crippen LogP contribution in [0.1, 0.15) is 29.2 Å². The van der Waals surface area contributed by atoms with Crippen molar-refractivity contribution in [2.45, 2.75) is 19.3 Å². The quantitative estimate of drug-likeness (QED) is 0.622. The molecule has 0 unspecified atom stereocenters. The molecule has 0 aliphatic carbocycles. The van der Waals surface area contributed by atoms with Crippen molar-refractivity contribution in [1.82, 2.24) is 14.7 Å². The van der Waals surface area contributed by atoms with Gasteiger partial charge in [0.05, 0.1) is 19.4 Å². The van der Waals surface area contributed by atoms with E-state index in [1.165, 1.54) is 0 Å². The van der Waals surface area contributed by atoms with Gasteiger partial charge in [-0.25, -0.2) is 4.98 Å². The van der Waals surface area contributed by atoms with Crippen LogP contribution in [0.2, 0.25) is 0 Å². The van der Waals surface area contributed by atoms with Gasteiger partial charge in [0.1, 0.15) is 11.4 Å². The van der Waals surface area contributed by atoms with Crippen molar-refractivity contribution < 1.29 is 14.3 Å². The smallest absolute Gasteiger partial charge is 0.221 e. The Morgan fingerprint density at radius 2 is 2.07 bits per heavy atom. The molecule has 0 aliphatic heterocycles. The second-order valence-corrected chi connectivity index (χ2v) is 6.46. The van der Waals surface area contributed by atoms with Gasteiger partial charge in [-0.15, -0.1) is 0 Å². The lowest BCUT2D eigenvalue weighted by Gasteiger charge is -2.20. The van der Waals surface area contributed by atoms with Gasteiger partial charge in [0, 0.05) is 44.0 Å². The first-order valence-corrected chi connectivity index (χ1v) is 8.96. The van der Waals surface area contributed by atoms with Crippen LogP contribution in [0, 0.1) is 6.92 Å². The summed E-state index contributed by atoms with van der Waals surface area (Å²) in [7, 11) is 3.26. The Balaban J connectivity index is 2.00. The monoisotopic (exact) mass is 367 g/mol. The summed E-state index contributed by atoms with van der Waals surface area (Å²) in [5.74, 6) is 0.542. The van der Waals surface area contributed by atoms with Gasteiger partial charge in [0.2, 0.25) is 5.91 Å². The number of pyridine rings is 1. The minimum Gasteiger partial charge on any atom is -0.496 e. The van der Waals surface area contributed by atoms with Crippen LogP contribution in [0.4, 0.5) is 0 Å². The molecule has 2 aromatic heterocycles. The molecule has 1 amide bonds. The highest BCUT2D eigenvalue weighted by atomic mass is 16.5. The van der Waals surface area contributed by atoms with Crippen molar-refractivity contribution in [3.8, 4) is 5.75 Å². The average Bonchev–Trinajstić information content (AvgIpc) is 3.09. The lowest BCUT2D eigenvalue weighted by atomic mass is 9.91. The Morgan fingerprint density at radius 1 is 1.26 bits per heavy atom. The van der Waals surface area contributed by atoms with E-state index in [9.17, 15) is 4.79 Å². The van der Waals surface area contributed by atoms with Crippen molar-refractivity contribution in [1.29, 1.82) is 0 Å². The number of hydrogen-bond acceptors (Lipinski definition) is 4. The molecular weight excluding hydrogens is 342 g/mol. The standard InChI is InChI=1S/C21H25N3O3/c1-15-8-10-24-18(14-23-20(24)12-15)17(13-21(25)22-9-11-26-2)16-6-4-5-7-19(16)27-3/h4-8,10,12,14,17H,9,11,13H2,1-3H3,(H,22,25)/t17-/m1/s1. The maximum Gasteiger partial charge on any atom is 0.221 e. The number of methoxy groups -OCH3 is 2. The number of aryl methyl sites for hydroxylation is 1. The van der Waals surface area contributed by atoms with Crippen LogP contribution in [0.25, 0.3) is 5.65 Å². The molecular formula is C21H25N3O3. The number of nitrogens with one attached hydrogen (secondary N) is 1.